The molecule has 5 atom stereocenters. The van der Waals surface area contributed by atoms with Crippen LogP contribution in [0.3, 0.4) is 0 Å². The molecule has 0 spiro atoms. The average molecular weight is 265 g/mol. The largest absolute Gasteiger partial charge is 0.443 e. The van der Waals surface area contributed by atoms with Crippen molar-refractivity contribution in [1.29, 1.82) is 0 Å². The van der Waals surface area contributed by atoms with E-state index in [2.05, 4.69) is 0 Å². The van der Waals surface area contributed by atoms with Gasteiger partial charge >= 0.3 is 6.09 Å². The maximum absolute atomic E-state index is 13.6. The summed E-state index contributed by atoms with van der Waals surface area (Å²) in [4.78, 5) is 23.7. The monoisotopic (exact) mass is 265 g/mol. The molecule has 1 heterocycles. The second kappa shape index (κ2) is 3.86. The van der Waals surface area contributed by atoms with Crippen LogP contribution in [0.15, 0.2) is 0 Å². The summed E-state index contributed by atoms with van der Waals surface area (Å²) in [6.07, 6.45) is -7.50. The molecular weight excluding hydrogens is 251 g/mol. The maximum atomic E-state index is 13.6. The van der Waals surface area contributed by atoms with Crippen LogP contribution in [-0.2, 0) is 9.53 Å². The molecule has 0 radical (unpaired) electrons. The molecule has 1 saturated carbocycles. The van der Waals surface area contributed by atoms with Crippen LogP contribution in [0.1, 0.15) is 20.8 Å². The van der Waals surface area contributed by atoms with Crippen LogP contribution in [0, 0.1) is 5.92 Å². The van der Waals surface area contributed by atoms with Crippen molar-refractivity contribution in [1.82, 2.24) is 4.90 Å². The smallest absolute Gasteiger partial charge is 0.417 e. The van der Waals surface area contributed by atoms with Gasteiger partial charge < -0.3 is 4.74 Å². The fraction of sp³-hybridized carbons (Fsp3) is 0.818. The van der Waals surface area contributed by atoms with Crippen LogP contribution in [0.25, 0.3) is 0 Å². The average Bonchev–Trinajstić information content (AvgIpc) is 2.55. The number of rotatable bonds is 0. The Labute approximate surface area is 102 Å². The molecule has 0 aromatic carbocycles. The fourth-order valence-electron chi connectivity index (χ4n) is 2.34. The zero-order valence-corrected chi connectivity index (χ0v) is 10.2. The first-order chi connectivity index (χ1) is 8.15. The van der Waals surface area contributed by atoms with Gasteiger partial charge in [-0.3, -0.25) is 4.79 Å². The molecule has 2 amide bonds. The molecule has 1 aliphatic carbocycles. The first-order valence-corrected chi connectivity index (χ1v) is 5.63. The lowest BCUT2D eigenvalue weighted by molar-refractivity contribution is -0.138. The lowest BCUT2D eigenvalue weighted by atomic mass is 10.1. The molecule has 1 aliphatic heterocycles. The van der Waals surface area contributed by atoms with Gasteiger partial charge in [0.1, 0.15) is 29.9 Å². The van der Waals surface area contributed by atoms with E-state index in [1.807, 2.05) is 0 Å². The molecule has 7 heteroatoms. The number of imide groups is 1. The van der Waals surface area contributed by atoms with Crippen molar-refractivity contribution in [3.63, 3.8) is 0 Å². The summed E-state index contributed by atoms with van der Waals surface area (Å²) in [5.74, 6) is -2.76. The Kier molecular flexibility index (Phi) is 2.82. The molecule has 5 unspecified atom stereocenters. The number of ether oxygens (including phenoxy) is 1. The van der Waals surface area contributed by atoms with Gasteiger partial charge in [0.25, 0.3) is 0 Å². The van der Waals surface area contributed by atoms with Crippen LogP contribution < -0.4 is 0 Å². The summed E-state index contributed by atoms with van der Waals surface area (Å²) < 4.78 is 45.2. The number of halogens is 3. The summed E-state index contributed by atoms with van der Waals surface area (Å²) in [6, 6.07) is -1.70. The van der Waals surface area contributed by atoms with Crippen molar-refractivity contribution in [3.05, 3.63) is 0 Å². The maximum Gasteiger partial charge on any atom is 0.417 e. The fourth-order valence-corrected chi connectivity index (χ4v) is 2.34. The highest BCUT2D eigenvalue weighted by Gasteiger charge is 2.67. The topological polar surface area (TPSA) is 46.6 Å². The number of carbonyl (C=O) groups is 2. The highest BCUT2D eigenvalue weighted by Crippen LogP contribution is 2.45. The third-order valence-electron chi connectivity index (χ3n) is 3.05. The molecule has 102 valence electrons. The van der Waals surface area contributed by atoms with Crippen molar-refractivity contribution >= 4 is 12.0 Å². The SMILES string of the molecule is CC(C)(C)OC(=O)N1C(=O)C2C(F)C(F)C1C2F. The first kappa shape index (κ1) is 13.2. The Morgan fingerprint density at radius 3 is 2.17 bits per heavy atom. The second-order valence-corrected chi connectivity index (χ2v) is 5.54. The standard InChI is InChI=1S/C11H14F3NO3/c1-11(2,3)18-10(17)15-8-6(13)4(9(15)16)5(12)7(8)14/h4-8H,1-3H3. The highest BCUT2D eigenvalue weighted by molar-refractivity contribution is 5.98. The predicted molar refractivity (Wildman–Crippen MR) is 55.0 cm³/mol. The van der Waals surface area contributed by atoms with E-state index in [0.29, 0.717) is 4.90 Å². The van der Waals surface area contributed by atoms with Gasteiger partial charge in [-0.1, -0.05) is 0 Å². The summed E-state index contributed by atoms with van der Waals surface area (Å²) in [5.41, 5.74) is -0.897. The molecule has 2 bridgehead atoms. The number of alkyl halides is 3. The minimum Gasteiger partial charge on any atom is -0.443 e. The second-order valence-electron chi connectivity index (χ2n) is 5.54. The van der Waals surface area contributed by atoms with Gasteiger partial charge in [0.05, 0.1) is 0 Å². The molecule has 1 saturated heterocycles. The summed E-state index contributed by atoms with van der Waals surface area (Å²) in [7, 11) is 0. The van der Waals surface area contributed by atoms with Crippen LogP contribution in [0.4, 0.5) is 18.0 Å². The molecule has 0 aromatic rings. The van der Waals surface area contributed by atoms with Gasteiger partial charge in [0.15, 0.2) is 6.17 Å². The highest BCUT2D eigenvalue weighted by atomic mass is 19.2. The summed E-state index contributed by atoms with van der Waals surface area (Å²) >= 11 is 0. The number of carbonyl (C=O) groups excluding carboxylic acids is 2. The Hall–Kier alpha value is -1.27. The van der Waals surface area contributed by atoms with Crippen molar-refractivity contribution in [2.24, 2.45) is 5.92 Å². The minimum atomic E-state index is -2.18. The van der Waals surface area contributed by atoms with Crippen LogP contribution in [0.5, 0.6) is 0 Å². The Balaban J connectivity index is 2.22. The Morgan fingerprint density at radius 1 is 1.17 bits per heavy atom. The zero-order valence-electron chi connectivity index (χ0n) is 10.2. The van der Waals surface area contributed by atoms with Gasteiger partial charge in [0, 0.05) is 0 Å². The van der Waals surface area contributed by atoms with Crippen molar-refractivity contribution in [2.45, 2.75) is 50.9 Å². The van der Waals surface area contributed by atoms with E-state index in [0.717, 1.165) is 0 Å². The number of nitrogens with zero attached hydrogens (tertiary/aromatic N) is 1. The summed E-state index contributed by atoms with van der Waals surface area (Å²) in [5, 5.41) is 0. The van der Waals surface area contributed by atoms with E-state index in [9.17, 15) is 22.8 Å². The van der Waals surface area contributed by atoms with Crippen LogP contribution >= 0.6 is 0 Å². The van der Waals surface area contributed by atoms with Gasteiger partial charge in [-0.25, -0.2) is 22.9 Å². The molecule has 0 N–H and O–H groups in total. The van der Waals surface area contributed by atoms with Crippen molar-refractivity contribution < 1.29 is 27.5 Å². The van der Waals surface area contributed by atoms with Crippen molar-refractivity contribution in [2.75, 3.05) is 0 Å². The van der Waals surface area contributed by atoms with E-state index < -0.39 is 48.1 Å². The van der Waals surface area contributed by atoms with Crippen LogP contribution in [-0.4, -0.2) is 47.1 Å². The van der Waals surface area contributed by atoms with Crippen LogP contribution in [0.2, 0.25) is 0 Å². The van der Waals surface area contributed by atoms with Gasteiger partial charge in [-0.2, -0.15) is 0 Å². The Morgan fingerprint density at radius 2 is 1.72 bits per heavy atom. The van der Waals surface area contributed by atoms with E-state index in [4.69, 9.17) is 4.74 Å². The van der Waals surface area contributed by atoms with E-state index in [1.165, 1.54) is 0 Å². The van der Waals surface area contributed by atoms with E-state index in [-0.39, 0.29) is 0 Å². The molecule has 2 rings (SSSR count). The number of amides is 2. The van der Waals surface area contributed by atoms with E-state index in [1.54, 1.807) is 20.8 Å². The zero-order chi connectivity index (χ0) is 13.8. The normalized spacial score (nSPS) is 39.3. The molecule has 2 aliphatic rings. The number of piperidine rings is 1. The quantitative estimate of drug-likeness (QED) is 0.670. The lowest BCUT2D eigenvalue weighted by Crippen LogP contribution is -2.52. The lowest BCUT2D eigenvalue weighted by Gasteiger charge is -2.30. The number of hydrogen-bond acceptors (Lipinski definition) is 3. The molecule has 18 heavy (non-hydrogen) atoms. The summed E-state index contributed by atoms with van der Waals surface area (Å²) in [6.45, 7) is 4.67. The number of likely N-dealkylation sites (tertiary alicyclic amines) is 1. The van der Waals surface area contributed by atoms with Gasteiger partial charge in [-0.15, -0.1) is 0 Å². The predicted octanol–water partition coefficient (Wildman–Crippen LogP) is 1.78. The third-order valence-corrected chi connectivity index (χ3v) is 3.05. The first-order valence-electron chi connectivity index (χ1n) is 5.63. The van der Waals surface area contributed by atoms with Gasteiger partial charge in [0.2, 0.25) is 5.91 Å². The third kappa shape index (κ3) is 1.76. The molecule has 2 fully saturated rings. The van der Waals surface area contributed by atoms with E-state index >= 15 is 0 Å². The van der Waals surface area contributed by atoms with Gasteiger partial charge in [-0.05, 0) is 20.8 Å². The Bertz CT molecular complexity index is 395. The molecule has 0 aromatic heterocycles. The minimum absolute atomic E-state index is 0.376. The van der Waals surface area contributed by atoms with Crippen molar-refractivity contribution in [3.8, 4) is 0 Å². The molecule has 4 nitrogen and oxygen atoms in total. The number of fused-ring (bicyclic) bond motifs is 2. The molecular formula is C11H14F3NO3. The number of hydrogen-bond donors (Lipinski definition) is 0.